The summed E-state index contributed by atoms with van der Waals surface area (Å²) in [7, 11) is 0. The minimum atomic E-state index is -0.446. The van der Waals surface area contributed by atoms with Crippen molar-refractivity contribution in [2.24, 2.45) is 5.84 Å². The molecule has 0 bridgehead atoms. The molecule has 0 fully saturated rings. The van der Waals surface area contributed by atoms with Gasteiger partial charge in [-0.1, -0.05) is 0 Å². The van der Waals surface area contributed by atoms with Crippen molar-refractivity contribution in [1.29, 1.82) is 0 Å². The number of hydrogen-bond acceptors (Lipinski definition) is 5. The Morgan fingerprint density at radius 1 is 1.53 bits per heavy atom. The van der Waals surface area contributed by atoms with Crippen molar-refractivity contribution < 1.29 is 9.72 Å². The van der Waals surface area contributed by atoms with Crippen molar-refractivity contribution in [2.75, 3.05) is 0 Å². The summed E-state index contributed by atoms with van der Waals surface area (Å²) in [6.45, 7) is 0.498. The van der Waals surface area contributed by atoms with Crippen LogP contribution in [0.5, 0.6) is 0 Å². The molecule has 3 N–H and O–H groups in total. The number of carbonyl (C=O) groups excluding carboxylic acids is 1. The Morgan fingerprint density at radius 2 is 2.32 bits per heavy atom. The SMILES string of the molecule is NNC(=O)CCCn1ncc2ccc([N+](=O)[O-])cc21. The number of non-ortho nitro benzene ring substituents is 1. The minimum absolute atomic E-state index is 0.0222. The van der Waals surface area contributed by atoms with Crippen LogP contribution in [0, 0.1) is 10.1 Å². The zero-order valence-corrected chi connectivity index (χ0v) is 10.1. The van der Waals surface area contributed by atoms with E-state index >= 15 is 0 Å². The third-order valence-electron chi connectivity index (χ3n) is 2.77. The first-order valence-corrected chi connectivity index (χ1v) is 5.71. The first kappa shape index (κ1) is 13.0. The van der Waals surface area contributed by atoms with Crippen LogP contribution in [0.4, 0.5) is 5.69 Å². The monoisotopic (exact) mass is 263 g/mol. The molecule has 100 valence electrons. The number of fused-ring (bicyclic) bond motifs is 1. The summed E-state index contributed by atoms with van der Waals surface area (Å²) in [6, 6.07) is 4.57. The Labute approximate surface area is 108 Å². The lowest BCUT2D eigenvalue weighted by molar-refractivity contribution is -0.384. The number of hydrazine groups is 1. The van der Waals surface area contributed by atoms with E-state index in [0.717, 1.165) is 5.39 Å². The molecule has 0 spiro atoms. The molecular formula is C11H13N5O3. The summed E-state index contributed by atoms with van der Waals surface area (Å²) >= 11 is 0. The maximum Gasteiger partial charge on any atom is 0.271 e. The summed E-state index contributed by atoms with van der Waals surface area (Å²) in [5, 5.41) is 15.7. The Balaban J connectivity index is 2.16. The van der Waals surface area contributed by atoms with Gasteiger partial charge in [-0.15, -0.1) is 0 Å². The molecule has 0 unspecified atom stereocenters. The zero-order valence-electron chi connectivity index (χ0n) is 10.1. The second-order valence-electron chi connectivity index (χ2n) is 4.04. The molecule has 0 saturated heterocycles. The molecule has 0 atom stereocenters. The third-order valence-corrected chi connectivity index (χ3v) is 2.77. The summed E-state index contributed by atoms with van der Waals surface area (Å²) in [5.41, 5.74) is 2.75. The molecule has 2 aromatic rings. The number of nitrogens with two attached hydrogens (primary N) is 1. The summed E-state index contributed by atoms with van der Waals surface area (Å²) in [4.78, 5) is 21.3. The van der Waals surface area contributed by atoms with Gasteiger partial charge in [-0.25, -0.2) is 5.84 Å². The lowest BCUT2D eigenvalue weighted by Gasteiger charge is -2.03. The van der Waals surface area contributed by atoms with Crippen molar-refractivity contribution in [3.63, 3.8) is 0 Å². The topological polar surface area (TPSA) is 116 Å². The predicted octanol–water partition coefficient (Wildman–Crippen LogP) is 0.715. The number of rotatable bonds is 5. The number of hydrogen-bond donors (Lipinski definition) is 2. The molecule has 0 aliphatic rings. The van der Waals surface area contributed by atoms with E-state index in [2.05, 4.69) is 5.10 Å². The second-order valence-corrected chi connectivity index (χ2v) is 4.04. The van der Waals surface area contributed by atoms with E-state index in [0.29, 0.717) is 18.5 Å². The summed E-state index contributed by atoms with van der Waals surface area (Å²) in [5.74, 6) is 4.73. The average molecular weight is 263 g/mol. The molecule has 2 rings (SSSR count). The van der Waals surface area contributed by atoms with Gasteiger partial charge in [0.2, 0.25) is 5.91 Å². The van der Waals surface area contributed by atoms with Gasteiger partial charge in [0.15, 0.2) is 0 Å². The largest absolute Gasteiger partial charge is 0.294 e. The molecule has 0 aliphatic heterocycles. The Hall–Kier alpha value is -2.48. The quantitative estimate of drug-likeness (QED) is 0.357. The molecule has 19 heavy (non-hydrogen) atoms. The smallest absolute Gasteiger partial charge is 0.271 e. The molecule has 8 nitrogen and oxygen atoms in total. The number of carbonyl (C=O) groups is 1. The van der Waals surface area contributed by atoms with Gasteiger partial charge in [-0.05, 0) is 12.5 Å². The van der Waals surface area contributed by atoms with Crippen LogP contribution >= 0.6 is 0 Å². The van der Waals surface area contributed by atoms with E-state index in [1.54, 1.807) is 16.9 Å². The van der Waals surface area contributed by atoms with Crippen molar-refractivity contribution in [3.8, 4) is 0 Å². The average Bonchev–Trinajstić information content (AvgIpc) is 2.81. The van der Waals surface area contributed by atoms with Crippen LogP contribution in [-0.4, -0.2) is 20.6 Å². The molecule has 1 amide bonds. The van der Waals surface area contributed by atoms with Crippen molar-refractivity contribution in [3.05, 3.63) is 34.5 Å². The van der Waals surface area contributed by atoms with Gasteiger partial charge >= 0.3 is 0 Å². The third kappa shape index (κ3) is 2.86. The first-order valence-electron chi connectivity index (χ1n) is 5.71. The number of aryl methyl sites for hydroxylation is 1. The van der Waals surface area contributed by atoms with Crippen LogP contribution in [0.2, 0.25) is 0 Å². The van der Waals surface area contributed by atoms with E-state index in [4.69, 9.17) is 5.84 Å². The molecule has 1 aromatic heterocycles. The predicted molar refractivity (Wildman–Crippen MR) is 68.0 cm³/mol. The number of nitrogens with one attached hydrogen (secondary N) is 1. The van der Waals surface area contributed by atoms with E-state index < -0.39 is 4.92 Å². The van der Waals surface area contributed by atoms with Crippen molar-refractivity contribution in [1.82, 2.24) is 15.2 Å². The Bertz CT molecular complexity index is 622. The van der Waals surface area contributed by atoms with Crippen LogP contribution < -0.4 is 11.3 Å². The number of aromatic nitrogens is 2. The summed E-state index contributed by atoms with van der Waals surface area (Å²) in [6.07, 6.45) is 2.48. The zero-order chi connectivity index (χ0) is 13.8. The fraction of sp³-hybridized carbons (Fsp3) is 0.273. The highest BCUT2D eigenvalue weighted by Crippen LogP contribution is 2.20. The fourth-order valence-corrected chi connectivity index (χ4v) is 1.81. The second kappa shape index (κ2) is 5.44. The Kier molecular flexibility index (Phi) is 3.71. The minimum Gasteiger partial charge on any atom is -0.294 e. The lowest BCUT2D eigenvalue weighted by atomic mass is 10.2. The molecule has 0 saturated carbocycles. The summed E-state index contributed by atoms with van der Waals surface area (Å²) < 4.78 is 1.64. The lowest BCUT2D eigenvalue weighted by Crippen LogP contribution is -2.29. The molecule has 8 heteroatoms. The molecule has 0 radical (unpaired) electrons. The van der Waals surface area contributed by atoms with Gasteiger partial charge in [-0.3, -0.25) is 25.0 Å². The maximum atomic E-state index is 11.0. The van der Waals surface area contributed by atoms with Crippen molar-refractivity contribution >= 4 is 22.5 Å². The van der Waals surface area contributed by atoms with Gasteiger partial charge in [0, 0.05) is 30.5 Å². The fourth-order valence-electron chi connectivity index (χ4n) is 1.81. The van der Waals surface area contributed by atoms with Crippen LogP contribution in [0.15, 0.2) is 24.4 Å². The molecular weight excluding hydrogens is 250 g/mol. The van der Waals surface area contributed by atoms with Crippen LogP contribution in [0.3, 0.4) is 0 Å². The number of nitro benzene ring substituents is 1. The number of benzene rings is 1. The highest BCUT2D eigenvalue weighted by Gasteiger charge is 2.10. The van der Waals surface area contributed by atoms with Crippen LogP contribution in [-0.2, 0) is 11.3 Å². The molecule has 1 heterocycles. The van der Waals surface area contributed by atoms with Gasteiger partial charge < -0.3 is 0 Å². The maximum absolute atomic E-state index is 11.0. The van der Waals surface area contributed by atoms with Gasteiger partial charge in [0.25, 0.3) is 5.69 Å². The number of nitrogens with zero attached hydrogens (tertiary/aromatic N) is 3. The molecule has 1 aromatic carbocycles. The number of amides is 1. The number of nitro groups is 1. The van der Waals surface area contributed by atoms with E-state index in [1.165, 1.54) is 12.1 Å². The van der Waals surface area contributed by atoms with Gasteiger partial charge in [0.05, 0.1) is 16.6 Å². The van der Waals surface area contributed by atoms with Gasteiger partial charge in [0.1, 0.15) is 0 Å². The van der Waals surface area contributed by atoms with Gasteiger partial charge in [-0.2, -0.15) is 5.10 Å². The van der Waals surface area contributed by atoms with Crippen LogP contribution in [0.1, 0.15) is 12.8 Å². The first-order chi connectivity index (χ1) is 9.11. The Morgan fingerprint density at radius 3 is 3.00 bits per heavy atom. The highest BCUT2D eigenvalue weighted by molar-refractivity contribution is 5.81. The van der Waals surface area contributed by atoms with E-state index in [9.17, 15) is 14.9 Å². The molecule has 0 aliphatic carbocycles. The normalized spacial score (nSPS) is 10.6. The van der Waals surface area contributed by atoms with E-state index in [-0.39, 0.29) is 18.0 Å². The van der Waals surface area contributed by atoms with E-state index in [1.807, 2.05) is 5.43 Å². The van der Waals surface area contributed by atoms with Crippen molar-refractivity contribution in [2.45, 2.75) is 19.4 Å². The standard InChI is InChI=1S/C11H13N5O3/c12-14-11(17)2-1-5-15-10-6-9(16(18)19)4-3-8(10)7-13-15/h3-4,6-7H,1-2,5,12H2,(H,14,17). The highest BCUT2D eigenvalue weighted by atomic mass is 16.6. The van der Waals surface area contributed by atoms with Crippen LogP contribution in [0.25, 0.3) is 10.9 Å².